The highest BCUT2D eigenvalue weighted by molar-refractivity contribution is 6.42. The van der Waals surface area contributed by atoms with Crippen molar-refractivity contribution in [2.75, 3.05) is 6.17 Å². The van der Waals surface area contributed by atoms with E-state index in [0.717, 1.165) is 12.6 Å². The minimum absolute atomic E-state index is 0.0540. The Kier molecular flexibility index (Phi) is 5.52. The highest BCUT2D eigenvalue weighted by Gasteiger charge is 1.82. The molecular weight excluding hydrogens is 126 g/mol. The average Bonchev–Trinajstić information content (AvgIpc) is 1.89. The largest absolute Gasteiger partial charge is 0.298 e. The van der Waals surface area contributed by atoms with E-state index in [-0.39, 0.29) is 9.52 Å². The molecule has 0 aliphatic heterocycles. The van der Waals surface area contributed by atoms with Crippen molar-refractivity contribution in [3.63, 3.8) is 0 Å². The van der Waals surface area contributed by atoms with Crippen LogP contribution in [0.1, 0.15) is 20.3 Å². The van der Waals surface area contributed by atoms with Crippen molar-refractivity contribution in [2.24, 2.45) is 4.99 Å². The first-order valence-corrected chi connectivity index (χ1v) is 5.23. The van der Waals surface area contributed by atoms with E-state index in [2.05, 4.69) is 25.4 Å². The number of aliphatic imine (C=N–C) groups is 1. The highest BCUT2D eigenvalue weighted by atomic mass is 28.2. The second-order valence-corrected chi connectivity index (χ2v) is 3.65. The zero-order chi connectivity index (χ0) is 7.11. The lowest BCUT2D eigenvalue weighted by Gasteiger charge is -1.91. The summed E-state index contributed by atoms with van der Waals surface area (Å²) >= 11 is 0. The summed E-state index contributed by atoms with van der Waals surface area (Å²) in [5.41, 5.74) is 3.30. The van der Waals surface area contributed by atoms with E-state index in [1.807, 2.05) is 5.70 Å². The lowest BCUT2D eigenvalue weighted by molar-refractivity contribution is 1.21. The molecule has 52 valence electrons. The quantitative estimate of drug-likeness (QED) is 0.316. The summed E-state index contributed by atoms with van der Waals surface area (Å²) in [7, 11) is -0.0540. The fraction of sp³-hybridized carbons (Fsp3) is 0.571. The van der Waals surface area contributed by atoms with Gasteiger partial charge in [-0.15, -0.1) is 12.3 Å². The molecule has 0 saturated heterocycles. The van der Waals surface area contributed by atoms with E-state index in [4.69, 9.17) is 0 Å². The van der Waals surface area contributed by atoms with E-state index < -0.39 is 0 Å². The summed E-state index contributed by atoms with van der Waals surface area (Å²) in [5, 5.41) is 0. The van der Waals surface area contributed by atoms with Gasteiger partial charge in [0.15, 0.2) is 0 Å². The van der Waals surface area contributed by atoms with Gasteiger partial charge in [0.25, 0.3) is 0 Å². The molecule has 0 unspecified atom stereocenters. The third-order valence-electron chi connectivity index (χ3n) is 1.23. The Morgan fingerprint density at radius 1 is 1.78 bits per heavy atom. The van der Waals surface area contributed by atoms with Crippen LogP contribution in [0.25, 0.3) is 0 Å². The second-order valence-electron chi connectivity index (χ2n) is 2.05. The van der Waals surface area contributed by atoms with E-state index in [9.17, 15) is 0 Å². The summed E-state index contributed by atoms with van der Waals surface area (Å²) in [5.74, 6) is 0. The van der Waals surface area contributed by atoms with Gasteiger partial charge in [0.2, 0.25) is 0 Å². The van der Waals surface area contributed by atoms with Gasteiger partial charge in [-0.05, 0) is 13.3 Å². The molecule has 0 aliphatic carbocycles. The van der Waals surface area contributed by atoms with Crippen molar-refractivity contribution in [1.82, 2.24) is 0 Å². The second kappa shape index (κ2) is 5.76. The van der Waals surface area contributed by atoms with Gasteiger partial charge in [0.05, 0.1) is 9.52 Å². The molecule has 0 rings (SSSR count). The number of hydrogen-bond donors (Lipinski definition) is 0. The van der Waals surface area contributed by atoms with Crippen molar-refractivity contribution in [2.45, 2.75) is 20.3 Å². The van der Waals surface area contributed by atoms with Crippen molar-refractivity contribution in [1.29, 1.82) is 0 Å². The SMILES string of the molecule is C=C[SiH2]CN=C(C)CC. The average molecular weight is 141 g/mol. The monoisotopic (exact) mass is 141 g/mol. The number of nitrogens with zero attached hydrogens (tertiary/aromatic N) is 1. The molecule has 0 amide bonds. The molecule has 0 fully saturated rings. The Bertz CT molecular complexity index is 107. The van der Waals surface area contributed by atoms with Crippen LogP contribution < -0.4 is 0 Å². The minimum atomic E-state index is -0.0540. The molecule has 0 saturated carbocycles. The predicted molar refractivity (Wildman–Crippen MR) is 47.0 cm³/mol. The lowest BCUT2D eigenvalue weighted by atomic mass is 10.3. The van der Waals surface area contributed by atoms with Gasteiger partial charge in [-0.2, -0.15) is 0 Å². The molecule has 0 radical (unpaired) electrons. The number of hydrogen-bond acceptors (Lipinski definition) is 1. The van der Waals surface area contributed by atoms with E-state index >= 15 is 0 Å². The standard InChI is InChI=1S/C7H15NSi/c1-4-7(3)8-6-9-5-2/h5H,2,4,6,9H2,1,3H3. The third-order valence-corrected chi connectivity index (χ3v) is 2.12. The molecule has 9 heavy (non-hydrogen) atoms. The van der Waals surface area contributed by atoms with Crippen LogP contribution in [-0.4, -0.2) is 21.4 Å². The van der Waals surface area contributed by atoms with Gasteiger partial charge in [-0.25, -0.2) is 0 Å². The van der Waals surface area contributed by atoms with Crippen LogP contribution in [0.5, 0.6) is 0 Å². The zero-order valence-corrected chi connectivity index (χ0v) is 7.77. The molecule has 0 bridgehead atoms. The summed E-state index contributed by atoms with van der Waals surface area (Å²) in [4.78, 5) is 4.34. The molecule has 0 N–H and O–H groups in total. The molecule has 0 aromatic carbocycles. The van der Waals surface area contributed by atoms with Gasteiger partial charge >= 0.3 is 0 Å². The highest BCUT2D eigenvalue weighted by Crippen LogP contribution is 1.82. The van der Waals surface area contributed by atoms with Crippen LogP contribution in [0.2, 0.25) is 0 Å². The molecule has 0 aromatic rings. The molecule has 0 aromatic heterocycles. The molecule has 0 aliphatic rings. The molecular formula is C7H15NSi. The summed E-state index contributed by atoms with van der Waals surface area (Å²) in [6.07, 6.45) is 2.13. The summed E-state index contributed by atoms with van der Waals surface area (Å²) in [6, 6.07) is 0. The topological polar surface area (TPSA) is 12.4 Å². The first-order chi connectivity index (χ1) is 4.31. The van der Waals surface area contributed by atoms with Gasteiger partial charge in [-0.3, -0.25) is 4.99 Å². The molecule has 0 atom stereocenters. The molecule has 0 heterocycles. The first kappa shape index (κ1) is 8.63. The van der Waals surface area contributed by atoms with Crippen molar-refractivity contribution in [3.8, 4) is 0 Å². The minimum Gasteiger partial charge on any atom is -0.298 e. The van der Waals surface area contributed by atoms with Crippen molar-refractivity contribution in [3.05, 3.63) is 12.3 Å². The summed E-state index contributed by atoms with van der Waals surface area (Å²) in [6.45, 7) is 7.89. The van der Waals surface area contributed by atoms with Crippen LogP contribution in [0.3, 0.4) is 0 Å². The first-order valence-electron chi connectivity index (χ1n) is 3.42. The third kappa shape index (κ3) is 5.50. The smallest absolute Gasteiger partial charge is 0.0696 e. The zero-order valence-electron chi connectivity index (χ0n) is 6.35. The Morgan fingerprint density at radius 2 is 2.44 bits per heavy atom. The van der Waals surface area contributed by atoms with Gasteiger partial charge in [0.1, 0.15) is 0 Å². The maximum Gasteiger partial charge on any atom is 0.0696 e. The van der Waals surface area contributed by atoms with Crippen molar-refractivity contribution >= 4 is 15.2 Å². The van der Waals surface area contributed by atoms with Gasteiger partial charge in [0, 0.05) is 11.9 Å². The van der Waals surface area contributed by atoms with Crippen molar-refractivity contribution < 1.29 is 0 Å². The number of rotatable bonds is 4. The van der Waals surface area contributed by atoms with Crippen LogP contribution in [0.15, 0.2) is 17.3 Å². The summed E-state index contributed by atoms with van der Waals surface area (Å²) < 4.78 is 0. The van der Waals surface area contributed by atoms with Crippen LogP contribution >= 0.6 is 0 Å². The molecule has 0 spiro atoms. The normalized spacial score (nSPS) is 12.9. The maximum absolute atomic E-state index is 4.34. The Hall–Kier alpha value is -0.373. The fourth-order valence-corrected chi connectivity index (χ4v) is 1.15. The van der Waals surface area contributed by atoms with E-state index in [0.29, 0.717) is 0 Å². The maximum atomic E-state index is 4.34. The van der Waals surface area contributed by atoms with E-state index in [1.54, 1.807) is 0 Å². The Balaban J connectivity index is 3.31. The van der Waals surface area contributed by atoms with Gasteiger partial charge < -0.3 is 0 Å². The van der Waals surface area contributed by atoms with E-state index in [1.165, 1.54) is 5.71 Å². The Labute approximate surface area is 59.7 Å². The predicted octanol–water partition coefficient (Wildman–Crippen LogP) is 1.13. The lowest BCUT2D eigenvalue weighted by Crippen LogP contribution is -1.95. The Morgan fingerprint density at radius 3 is 2.89 bits per heavy atom. The van der Waals surface area contributed by atoms with Crippen LogP contribution in [-0.2, 0) is 0 Å². The fourth-order valence-electron chi connectivity index (χ4n) is 0.459. The molecule has 2 heteroatoms. The van der Waals surface area contributed by atoms with Crippen LogP contribution in [0, 0.1) is 0 Å². The van der Waals surface area contributed by atoms with Crippen LogP contribution in [0.4, 0.5) is 0 Å². The van der Waals surface area contributed by atoms with Gasteiger partial charge in [-0.1, -0.05) is 6.92 Å². The molecule has 1 nitrogen and oxygen atoms in total.